The monoisotopic (exact) mass is 332 g/mol. The molecule has 2 saturated heterocycles. The first-order valence-electron chi connectivity index (χ1n) is 8.10. The fraction of sp³-hybridized carbons (Fsp3) is 0.929. The maximum absolute atomic E-state index is 11.9. The Labute approximate surface area is 133 Å². The van der Waals surface area contributed by atoms with Gasteiger partial charge in [0.15, 0.2) is 0 Å². The molecule has 2 aliphatic rings. The number of nitrogens with one attached hydrogen (secondary N) is 2. The van der Waals surface area contributed by atoms with Crippen molar-refractivity contribution in [1.29, 1.82) is 0 Å². The first-order valence-corrected chi connectivity index (χ1v) is 9.95. The van der Waals surface area contributed by atoms with Crippen molar-refractivity contribution in [1.82, 2.24) is 19.8 Å². The van der Waals surface area contributed by atoms with Gasteiger partial charge < -0.3 is 15.5 Å². The molecular formula is C14H28N4O3S. The van der Waals surface area contributed by atoms with Gasteiger partial charge in [0.25, 0.3) is 0 Å². The van der Waals surface area contributed by atoms with E-state index in [0.717, 1.165) is 26.1 Å². The zero-order valence-electron chi connectivity index (χ0n) is 13.5. The zero-order chi connectivity index (χ0) is 16.2. The van der Waals surface area contributed by atoms with Crippen LogP contribution in [0.3, 0.4) is 0 Å². The van der Waals surface area contributed by atoms with Gasteiger partial charge in [0.1, 0.15) is 0 Å². The van der Waals surface area contributed by atoms with Gasteiger partial charge in [0.05, 0.1) is 6.26 Å². The molecule has 2 amide bonds. The lowest BCUT2D eigenvalue weighted by molar-refractivity contribution is 0.226. The number of amides is 2. The lowest BCUT2D eigenvalue weighted by atomic mass is 10.1. The third-order valence-corrected chi connectivity index (χ3v) is 5.93. The molecule has 0 aromatic rings. The average molecular weight is 332 g/mol. The second-order valence-corrected chi connectivity index (χ2v) is 8.32. The molecule has 0 aliphatic carbocycles. The van der Waals surface area contributed by atoms with Crippen molar-refractivity contribution in [3.05, 3.63) is 0 Å². The molecule has 1 atom stereocenters. The highest BCUT2D eigenvalue weighted by Crippen LogP contribution is 2.15. The number of sulfonamides is 1. The topological polar surface area (TPSA) is 81.8 Å². The summed E-state index contributed by atoms with van der Waals surface area (Å²) in [6, 6.07) is -0.0681. The Morgan fingerprint density at radius 3 is 2.41 bits per heavy atom. The first-order chi connectivity index (χ1) is 10.4. The molecule has 0 aromatic carbocycles. The molecule has 7 nitrogen and oxygen atoms in total. The Bertz CT molecular complexity index is 474. The van der Waals surface area contributed by atoms with Crippen LogP contribution in [0.25, 0.3) is 0 Å². The highest BCUT2D eigenvalue weighted by atomic mass is 32.2. The molecule has 8 heteroatoms. The fourth-order valence-electron chi connectivity index (χ4n) is 3.17. The molecule has 22 heavy (non-hydrogen) atoms. The highest BCUT2D eigenvalue weighted by Gasteiger charge is 2.26. The Morgan fingerprint density at radius 2 is 1.86 bits per heavy atom. The van der Waals surface area contributed by atoms with Gasteiger partial charge in [-0.25, -0.2) is 17.5 Å². The minimum Gasteiger partial charge on any atom is -0.338 e. The van der Waals surface area contributed by atoms with Gasteiger partial charge in [0, 0.05) is 32.2 Å². The van der Waals surface area contributed by atoms with E-state index in [9.17, 15) is 13.2 Å². The SMILES string of the molecule is CCN1CCC(CNC(=O)NC2CCN(S(C)(=O)=O)CC2)C1. The van der Waals surface area contributed by atoms with Gasteiger partial charge >= 0.3 is 6.03 Å². The predicted octanol–water partition coefficient (Wildman–Crippen LogP) is 0.0514. The molecule has 0 spiro atoms. The van der Waals surface area contributed by atoms with E-state index < -0.39 is 10.0 Å². The smallest absolute Gasteiger partial charge is 0.315 e. The third kappa shape index (κ3) is 5.10. The number of urea groups is 1. The summed E-state index contributed by atoms with van der Waals surface area (Å²) >= 11 is 0. The molecule has 2 N–H and O–H groups in total. The van der Waals surface area contributed by atoms with E-state index in [4.69, 9.17) is 0 Å². The summed E-state index contributed by atoms with van der Waals surface area (Å²) in [6.45, 7) is 7.09. The van der Waals surface area contributed by atoms with Crippen LogP contribution in [0.4, 0.5) is 4.79 Å². The van der Waals surface area contributed by atoms with E-state index in [0.29, 0.717) is 38.4 Å². The minimum absolute atomic E-state index is 0.0636. The van der Waals surface area contributed by atoms with Gasteiger partial charge in [-0.15, -0.1) is 0 Å². The maximum Gasteiger partial charge on any atom is 0.315 e. The summed E-state index contributed by atoms with van der Waals surface area (Å²) < 4.78 is 24.3. The van der Waals surface area contributed by atoms with Crippen molar-refractivity contribution in [2.75, 3.05) is 45.5 Å². The minimum atomic E-state index is -3.11. The van der Waals surface area contributed by atoms with Gasteiger partial charge in [-0.3, -0.25) is 0 Å². The van der Waals surface area contributed by atoms with Crippen molar-refractivity contribution in [2.24, 2.45) is 5.92 Å². The molecule has 0 bridgehead atoms. The van der Waals surface area contributed by atoms with Gasteiger partial charge in [0.2, 0.25) is 10.0 Å². The van der Waals surface area contributed by atoms with E-state index >= 15 is 0 Å². The van der Waals surface area contributed by atoms with Crippen LogP contribution in [-0.2, 0) is 10.0 Å². The van der Waals surface area contributed by atoms with E-state index in [-0.39, 0.29) is 12.1 Å². The quantitative estimate of drug-likeness (QED) is 0.745. The first kappa shape index (κ1) is 17.5. The normalized spacial score (nSPS) is 25.3. The Balaban J connectivity index is 1.64. The molecule has 0 aromatic heterocycles. The number of carbonyl (C=O) groups is 1. The number of hydrogen-bond donors (Lipinski definition) is 2. The molecule has 128 valence electrons. The molecule has 2 fully saturated rings. The molecule has 0 saturated carbocycles. The lowest BCUT2D eigenvalue weighted by Crippen LogP contribution is -2.49. The molecule has 2 heterocycles. The van der Waals surface area contributed by atoms with Crippen molar-refractivity contribution < 1.29 is 13.2 Å². The van der Waals surface area contributed by atoms with Crippen LogP contribution in [0.15, 0.2) is 0 Å². The van der Waals surface area contributed by atoms with Crippen LogP contribution >= 0.6 is 0 Å². The number of hydrogen-bond acceptors (Lipinski definition) is 4. The number of carbonyl (C=O) groups excluding carboxylic acids is 1. The average Bonchev–Trinajstić information content (AvgIpc) is 2.93. The Morgan fingerprint density at radius 1 is 1.18 bits per heavy atom. The number of nitrogens with zero attached hydrogens (tertiary/aromatic N) is 2. The van der Waals surface area contributed by atoms with Crippen molar-refractivity contribution in [2.45, 2.75) is 32.2 Å². The Kier molecular flexibility index (Phi) is 6.05. The molecular weight excluding hydrogens is 304 g/mol. The molecule has 2 rings (SSSR count). The van der Waals surface area contributed by atoms with Gasteiger partial charge in [-0.1, -0.05) is 6.92 Å². The summed E-state index contributed by atoms with van der Waals surface area (Å²) in [5.74, 6) is 0.540. The summed E-state index contributed by atoms with van der Waals surface area (Å²) in [5, 5.41) is 5.90. The standard InChI is InChI=1S/C14H28N4O3S/c1-3-17-7-4-12(11-17)10-15-14(19)16-13-5-8-18(9-6-13)22(2,20)21/h12-13H,3-11H2,1-2H3,(H2,15,16,19). The summed E-state index contributed by atoms with van der Waals surface area (Å²) in [7, 11) is -3.11. The molecule has 2 aliphatic heterocycles. The van der Waals surface area contributed by atoms with Crippen LogP contribution in [-0.4, -0.2) is 75.2 Å². The van der Waals surface area contributed by atoms with Crippen LogP contribution in [0.5, 0.6) is 0 Å². The summed E-state index contributed by atoms with van der Waals surface area (Å²) in [4.78, 5) is 14.3. The number of rotatable bonds is 5. The van der Waals surface area contributed by atoms with E-state index in [2.05, 4.69) is 22.5 Å². The molecule has 0 radical (unpaired) electrons. The Hall–Kier alpha value is -0.860. The second-order valence-electron chi connectivity index (χ2n) is 6.34. The van der Waals surface area contributed by atoms with E-state index in [1.165, 1.54) is 10.6 Å². The lowest BCUT2D eigenvalue weighted by Gasteiger charge is -2.30. The highest BCUT2D eigenvalue weighted by molar-refractivity contribution is 7.88. The summed E-state index contributed by atoms with van der Waals surface area (Å²) in [6.07, 6.45) is 3.72. The van der Waals surface area contributed by atoms with Crippen LogP contribution < -0.4 is 10.6 Å². The summed E-state index contributed by atoms with van der Waals surface area (Å²) in [5.41, 5.74) is 0. The van der Waals surface area contributed by atoms with Crippen LogP contribution in [0.1, 0.15) is 26.2 Å². The van der Waals surface area contributed by atoms with Crippen molar-refractivity contribution >= 4 is 16.1 Å². The molecule has 1 unspecified atom stereocenters. The fourth-order valence-corrected chi connectivity index (χ4v) is 4.05. The zero-order valence-corrected chi connectivity index (χ0v) is 14.4. The maximum atomic E-state index is 11.9. The van der Waals surface area contributed by atoms with Crippen molar-refractivity contribution in [3.8, 4) is 0 Å². The van der Waals surface area contributed by atoms with Crippen LogP contribution in [0.2, 0.25) is 0 Å². The van der Waals surface area contributed by atoms with E-state index in [1.807, 2.05) is 0 Å². The second kappa shape index (κ2) is 7.61. The number of likely N-dealkylation sites (tertiary alicyclic amines) is 1. The van der Waals surface area contributed by atoms with Gasteiger partial charge in [-0.05, 0) is 38.3 Å². The van der Waals surface area contributed by atoms with E-state index in [1.54, 1.807) is 0 Å². The van der Waals surface area contributed by atoms with Crippen LogP contribution in [0, 0.1) is 5.92 Å². The number of piperidine rings is 1. The predicted molar refractivity (Wildman–Crippen MR) is 86.2 cm³/mol. The third-order valence-electron chi connectivity index (χ3n) is 4.63. The van der Waals surface area contributed by atoms with Crippen molar-refractivity contribution in [3.63, 3.8) is 0 Å². The largest absolute Gasteiger partial charge is 0.338 e. The van der Waals surface area contributed by atoms with Gasteiger partial charge in [-0.2, -0.15) is 0 Å².